The topological polar surface area (TPSA) is 24.9 Å². The smallest absolute Gasteiger partial charge is 0.158 e. The van der Waals surface area contributed by atoms with Crippen LogP contribution in [0.4, 0.5) is 0 Å². The van der Waals surface area contributed by atoms with Crippen LogP contribution in [0.15, 0.2) is 0 Å². The lowest BCUT2D eigenvalue weighted by Gasteiger charge is -2.32. The van der Waals surface area contributed by atoms with Crippen LogP contribution in [-0.4, -0.2) is 68.1 Å². The van der Waals surface area contributed by atoms with Crippen LogP contribution >= 0.6 is 0 Å². The highest BCUT2D eigenvalue weighted by Crippen LogP contribution is 2.21. The second-order valence-electron chi connectivity index (χ2n) is 6.15. The zero-order chi connectivity index (χ0) is 12.9. The van der Waals surface area contributed by atoms with Gasteiger partial charge in [-0.25, -0.2) is 0 Å². The first-order chi connectivity index (χ1) is 9.42. The Kier molecular flexibility index (Phi) is 5.10. The number of hydrogen-bond donors (Lipinski definition) is 0. The maximum atomic E-state index is 5.62. The number of piperidine rings is 1. The summed E-state index contributed by atoms with van der Waals surface area (Å²) in [5, 5.41) is 0. The molecule has 4 heteroatoms. The molecule has 3 rings (SSSR count). The summed E-state index contributed by atoms with van der Waals surface area (Å²) in [5.41, 5.74) is 0. The van der Waals surface area contributed by atoms with Gasteiger partial charge in [-0.05, 0) is 45.3 Å². The Morgan fingerprint density at radius 2 is 1.68 bits per heavy atom. The zero-order valence-electron chi connectivity index (χ0n) is 12.1. The molecule has 1 unspecified atom stereocenters. The maximum absolute atomic E-state index is 5.62. The van der Waals surface area contributed by atoms with Gasteiger partial charge in [0.25, 0.3) is 0 Å². The first-order valence-corrected chi connectivity index (χ1v) is 8.11. The molecule has 0 amide bonds. The molecule has 3 saturated heterocycles. The molecule has 19 heavy (non-hydrogen) atoms. The van der Waals surface area contributed by atoms with E-state index in [1.807, 2.05) is 0 Å². The first kappa shape index (κ1) is 13.8. The van der Waals surface area contributed by atoms with Gasteiger partial charge in [-0.3, -0.25) is 4.90 Å². The lowest BCUT2D eigenvalue weighted by atomic mass is 10.1. The second-order valence-corrected chi connectivity index (χ2v) is 6.15. The molecule has 0 aromatic carbocycles. The molecule has 3 aliphatic heterocycles. The van der Waals surface area contributed by atoms with Gasteiger partial charge in [0.2, 0.25) is 0 Å². The van der Waals surface area contributed by atoms with E-state index in [4.69, 9.17) is 9.47 Å². The van der Waals surface area contributed by atoms with Crippen molar-refractivity contribution in [2.24, 2.45) is 0 Å². The summed E-state index contributed by atoms with van der Waals surface area (Å²) < 4.78 is 11.2. The van der Waals surface area contributed by atoms with Gasteiger partial charge in [0.05, 0.1) is 13.2 Å². The molecular formula is C15H28N2O2. The summed E-state index contributed by atoms with van der Waals surface area (Å²) in [5.74, 6) is 0. The molecule has 0 aliphatic carbocycles. The lowest BCUT2D eigenvalue weighted by Crippen LogP contribution is -2.41. The summed E-state index contributed by atoms with van der Waals surface area (Å²) in [6.07, 6.45) is 7.74. The molecule has 110 valence electrons. The largest absolute Gasteiger partial charge is 0.353 e. The van der Waals surface area contributed by atoms with E-state index in [9.17, 15) is 0 Å². The summed E-state index contributed by atoms with van der Waals surface area (Å²) >= 11 is 0. The fourth-order valence-corrected chi connectivity index (χ4v) is 3.59. The first-order valence-electron chi connectivity index (χ1n) is 8.11. The number of likely N-dealkylation sites (tertiary alicyclic amines) is 2. The average Bonchev–Trinajstić information content (AvgIpc) is 2.96. The predicted molar refractivity (Wildman–Crippen MR) is 75.2 cm³/mol. The minimum Gasteiger partial charge on any atom is -0.353 e. The van der Waals surface area contributed by atoms with Crippen LogP contribution in [0.1, 0.15) is 38.5 Å². The van der Waals surface area contributed by atoms with Crippen molar-refractivity contribution in [1.29, 1.82) is 0 Å². The van der Waals surface area contributed by atoms with Crippen molar-refractivity contribution in [2.75, 3.05) is 45.9 Å². The van der Waals surface area contributed by atoms with E-state index in [2.05, 4.69) is 9.80 Å². The van der Waals surface area contributed by atoms with Crippen LogP contribution in [0, 0.1) is 0 Å². The summed E-state index contributed by atoms with van der Waals surface area (Å²) in [7, 11) is 0. The molecule has 0 saturated carbocycles. The highest BCUT2D eigenvalue weighted by molar-refractivity contribution is 4.84. The van der Waals surface area contributed by atoms with Crippen molar-refractivity contribution in [2.45, 2.75) is 50.9 Å². The van der Waals surface area contributed by atoms with Crippen LogP contribution < -0.4 is 0 Å². The highest BCUT2D eigenvalue weighted by Gasteiger charge is 2.28. The average molecular weight is 268 g/mol. The molecule has 3 aliphatic rings. The van der Waals surface area contributed by atoms with Crippen molar-refractivity contribution < 1.29 is 9.47 Å². The van der Waals surface area contributed by atoms with Gasteiger partial charge in [0, 0.05) is 25.6 Å². The van der Waals surface area contributed by atoms with Crippen molar-refractivity contribution in [3.63, 3.8) is 0 Å². The molecule has 0 N–H and O–H groups in total. The molecule has 0 aromatic heterocycles. The molecule has 4 nitrogen and oxygen atoms in total. The Bertz CT molecular complexity index is 263. The third-order valence-corrected chi connectivity index (χ3v) is 4.73. The fraction of sp³-hybridized carbons (Fsp3) is 1.00. The van der Waals surface area contributed by atoms with Gasteiger partial charge in [0.15, 0.2) is 6.29 Å². The van der Waals surface area contributed by atoms with Crippen molar-refractivity contribution in [3.05, 3.63) is 0 Å². The standard InChI is InChI=1S/C15H28N2O2/c1-2-7-17(8-3-1)14-5-9-16(13-14)10-6-15-18-11-4-12-19-15/h14-15H,1-13H2. The molecule has 0 spiro atoms. The minimum atomic E-state index is 0.0581. The minimum absolute atomic E-state index is 0.0581. The van der Waals surface area contributed by atoms with Gasteiger partial charge in [0.1, 0.15) is 0 Å². The van der Waals surface area contributed by atoms with E-state index >= 15 is 0 Å². The molecule has 0 aromatic rings. The molecule has 1 atom stereocenters. The summed E-state index contributed by atoms with van der Waals surface area (Å²) in [4.78, 5) is 5.32. The number of ether oxygens (including phenoxy) is 2. The second kappa shape index (κ2) is 7.02. The molecular weight excluding hydrogens is 240 g/mol. The van der Waals surface area contributed by atoms with Crippen molar-refractivity contribution >= 4 is 0 Å². The van der Waals surface area contributed by atoms with E-state index < -0.39 is 0 Å². The van der Waals surface area contributed by atoms with Crippen LogP contribution in [-0.2, 0) is 9.47 Å². The van der Waals surface area contributed by atoms with Crippen LogP contribution in [0.3, 0.4) is 0 Å². The third-order valence-electron chi connectivity index (χ3n) is 4.73. The van der Waals surface area contributed by atoms with E-state index in [0.29, 0.717) is 0 Å². The highest BCUT2D eigenvalue weighted by atomic mass is 16.7. The van der Waals surface area contributed by atoms with Crippen LogP contribution in [0.5, 0.6) is 0 Å². The Morgan fingerprint density at radius 3 is 2.47 bits per heavy atom. The Balaban J connectivity index is 1.36. The van der Waals surface area contributed by atoms with Crippen LogP contribution in [0.2, 0.25) is 0 Å². The molecule has 3 heterocycles. The maximum Gasteiger partial charge on any atom is 0.158 e. The van der Waals surface area contributed by atoms with Gasteiger partial charge in [-0.15, -0.1) is 0 Å². The van der Waals surface area contributed by atoms with Gasteiger partial charge in [-0.2, -0.15) is 0 Å². The van der Waals surface area contributed by atoms with E-state index in [-0.39, 0.29) is 6.29 Å². The predicted octanol–water partition coefficient (Wildman–Crippen LogP) is 1.70. The van der Waals surface area contributed by atoms with E-state index in [1.54, 1.807) is 0 Å². The number of rotatable bonds is 4. The summed E-state index contributed by atoms with van der Waals surface area (Å²) in [6, 6.07) is 0.813. The quantitative estimate of drug-likeness (QED) is 0.775. The van der Waals surface area contributed by atoms with Gasteiger partial charge < -0.3 is 14.4 Å². The van der Waals surface area contributed by atoms with Crippen molar-refractivity contribution in [1.82, 2.24) is 9.80 Å². The molecule has 3 fully saturated rings. The van der Waals surface area contributed by atoms with Gasteiger partial charge in [-0.1, -0.05) is 6.42 Å². The Hall–Kier alpha value is -0.160. The molecule has 0 radical (unpaired) electrons. The van der Waals surface area contributed by atoms with Gasteiger partial charge >= 0.3 is 0 Å². The number of hydrogen-bond acceptors (Lipinski definition) is 4. The molecule has 0 bridgehead atoms. The normalized spacial score (nSPS) is 31.9. The van der Waals surface area contributed by atoms with Crippen LogP contribution in [0.25, 0.3) is 0 Å². The summed E-state index contributed by atoms with van der Waals surface area (Å²) in [6.45, 7) is 8.05. The zero-order valence-corrected chi connectivity index (χ0v) is 12.1. The lowest BCUT2D eigenvalue weighted by molar-refractivity contribution is -0.182. The SMILES string of the molecule is C1CCN(C2CCN(CCC3OCCCO3)C2)CC1. The van der Waals surface area contributed by atoms with E-state index in [1.165, 1.54) is 51.9 Å². The fourth-order valence-electron chi connectivity index (χ4n) is 3.59. The third kappa shape index (κ3) is 3.91. The monoisotopic (exact) mass is 268 g/mol. The van der Waals surface area contributed by atoms with Crippen molar-refractivity contribution in [3.8, 4) is 0 Å². The Labute approximate surface area is 117 Å². The Morgan fingerprint density at radius 1 is 0.895 bits per heavy atom. The number of nitrogens with zero attached hydrogens (tertiary/aromatic N) is 2. The van der Waals surface area contributed by atoms with E-state index in [0.717, 1.165) is 38.6 Å².